The van der Waals surface area contributed by atoms with Crippen LogP contribution in [-0.2, 0) is 4.79 Å². The predicted octanol–water partition coefficient (Wildman–Crippen LogP) is 2.92. The van der Waals surface area contributed by atoms with E-state index in [4.69, 9.17) is 0 Å². The summed E-state index contributed by atoms with van der Waals surface area (Å²) in [7, 11) is 0. The zero-order valence-electron chi connectivity index (χ0n) is 11.1. The Bertz CT molecular complexity index is 462. The minimum absolute atomic E-state index is 0.0511. The van der Waals surface area contributed by atoms with E-state index in [2.05, 4.69) is 5.32 Å². The molecule has 6 heteroatoms. The Balaban J connectivity index is 1.92. The van der Waals surface area contributed by atoms with E-state index in [9.17, 15) is 18.0 Å². The molecule has 1 aromatic carbocycles. The molecule has 110 valence electrons. The van der Waals surface area contributed by atoms with Gasteiger partial charge in [0.15, 0.2) is 17.5 Å². The highest BCUT2D eigenvalue weighted by molar-refractivity contribution is 5.80. The van der Waals surface area contributed by atoms with Crippen molar-refractivity contribution in [2.24, 2.45) is 0 Å². The van der Waals surface area contributed by atoms with Crippen LogP contribution in [0.25, 0.3) is 0 Å². The number of hydrogen-bond donors (Lipinski definition) is 1. The molecule has 1 heterocycles. The number of nitrogens with one attached hydrogen (secondary N) is 1. The van der Waals surface area contributed by atoms with E-state index in [0.717, 1.165) is 37.8 Å². The standard InChI is InChI=1S/C14H17F3N2O/c15-11-7-10(8-12(16)14(11)17)18-9-13(20)19-5-3-1-2-4-6-19/h7-8,18H,1-6,9H2. The van der Waals surface area contributed by atoms with Crippen molar-refractivity contribution in [1.82, 2.24) is 4.90 Å². The van der Waals surface area contributed by atoms with Crippen LogP contribution >= 0.6 is 0 Å². The first-order valence-corrected chi connectivity index (χ1v) is 6.74. The molecule has 3 nitrogen and oxygen atoms in total. The highest BCUT2D eigenvalue weighted by atomic mass is 19.2. The molecule has 0 aromatic heterocycles. The van der Waals surface area contributed by atoms with E-state index in [1.54, 1.807) is 4.90 Å². The van der Waals surface area contributed by atoms with E-state index in [-0.39, 0.29) is 18.1 Å². The van der Waals surface area contributed by atoms with Crippen LogP contribution in [0.5, 0.6) is 0 Å². The molecule has 0 bridgehead atoms. The number of anilines is 1. The van der Waals surface area contributed by atoms with Gasteiger partial charge in [-0.2, -0.15) is 0 Å². The van der Waals surface area contributed by atoms with Gasteiger partial charge in [0.2, 0.25) is 5.91 Å². The molecule has 1 N–H and O–H groups in total. The van der Waals surface area contributed by atoms with E-state index in [1.807, 2.05) is 0 Å². The monoisotopic (exact) mass is 286 g/mol. The predicted molar refractivity (Wildman–Crippen MR) is 69.9 cm³/mol. The van der Waals surface area contributed by atoms with Crippen LogP contribution in [-0.4, -0.2) is 30.4 Å². The first-order chi connectivity index (χ1) is 9.58. The molecule has 0 atom stereocenters. The third kappa shape index (κ3) is 3.65. The van der Waals surface area contributed by atoms with Crippen LogP contribution in [0.2, 0.25) is 0 Å². The Kier molecular flexibility index (Phi) is 4.87. The Hall–Kier alpha value is -1.72. The summed E-state index contributed by atoms with van der Waals surface area (Å²) in [6, 6.07) is 1.68. The minimum Gasteiger partial charge on any atom is -0.376 e. The average molecular weight is 286 g/mol. The first-order valence-electron chi connectivity index (χ1n) is 6.74. The summed E-state index contributed by atoms with van der Waals surface area (Å²) in [6.45, 7) is 1.38. The van der Waals surface area contributed by atoms with Crippen molar-refractivity contribution in [1.29, 1.82) is 0 Å². The lowest BCUT2D eigenvalue weighted by Gasteiger charge is -2.20. The minimum atomic E-state index is -1.51. The smallest absolute Gasteiger partial charge is 0.241 e. The molecule has 1 fully saturated rings. The van der Waals surface area contributed by atoms with Crippen LogP contribution in [0.15, 0.2) is 12.1 Å². The highest BCUT2D eigenvalue weighted by Crippen LogP contribution is 2.17. The molecule has 0 saturated carbocycles. The Morgan fingerprint density at radius 1 is 1.05 bits per heavy atom. The first kappa shape index (κ1) is 14.7. The van der Waals surface area contributed by atoms with Gasteiger partial charge in [0, 0.05) is 30.9 Å². The zero-order chi connectivity index (χ0) is 14.5. The third-order valence-electron chi connectivity index (χ3n) is 3.39. The number of nitrogens with zero attached hydrogens (tertiary/aromatic N) is 1. The van der Waals surface area contributed by atoms with Crippen molar-refractivity contribution in [3.63, 3.8) is 0 Å². The number of halogens is 3. The molecule has 2 rings (SSSR count). The van der Waals surface area contributed by atoms with Gasteiger partial charge < -0.3 is 10.2 Å². The lowest BCUT2D eigenvalue weighted by atomic mass is 10.2. The fourth-order valence-corrected chi connectivity index (χ4v) is 2.27. The summed E-state index contributed by atoms with van der Waals surface area (Å²) in [5, 5.41) is 2.63. The number of benzene rings is 1. The van der Waals surface area contributed by atoms with E-state index < -0.39 is 17.5 Å². The summed E-state index contributed by atoms with van der Waals surface area (Å²) in [5.74, 6) is -4.16. The van der Waals surface area contributed by atoms with E-state index in [0.29, 0.717) is 13.1 Å². The summed E-state index contributed by atoms with van der Waals surface area (Å²) in [6.07, 6.45) is 4.19. The van der Waals surface area contributed by atoms with Gasteiger partial charge in [-0.25, -0.2) is 13.2 Å². The van der Waals surface area contributed by atoms with Crippen LogP contribution in [0.4, 0.5) is 18.9 Å². The Labute approximate surface area is 115 Å². The Morgan fingerprint density at radius 2 is 1.60 bits per heavy atom. The van der Waals surface area contributed by atoms with Gasteiger partial charge in [-0.05, 0) is 12.8 Å². The molecule has 20 heavy (non-hydrogen) atoms. The molecule has 0 radical (unpaired) electrons. The SMILES string of the molecule is O=C(CNc1cc(F)c(F)c(F)c1)N1CCCCCC1. The number of amides is 1. The maximum absolute atomic E-state index is 13.0. The molecular formula is C14H17F3N2O. The molecule has 1 aromatic rings. The molecule has 1 aliphatic rings. The second-order valence-electron chi connectivity index (χ2n) is 4.90. The molecule has 1 amide bonds. The topological polar surface area (TPSA) is 32.3 Å². The quantitative estimate of drug-likeness (QED) is 0.867. The lowest BCUT2D eigenvalue weighted by molar-refractivity contribution is -0.129. The van der Waals surface area contributed by atoms with Gasteiger partial charge >= 0.3 is 0 Å². The summed E-state index contributed by atoms with van der Waals surface area (Å²) >= 11 is 0. The van der Waals surface area contributed by atoms with Crippen LogP contribution in [0.3, 0.4) is 0 Å². The molecule has 0 spiro atoms. The fraction of sp³-hybridized carbons (Fsp3) is 0.500. The van der Waals surface area contributed by atoms with Crippen molar-refractivity contribution >= 4 is 11.6 Å². The van der Waals surface area contributed by atoms with Crippen LogP contribution in [0.1, 0.15) is 25.7 Å². The van der Waals surface area contributed by atoms with Crippen molar-refractivity contribution in [2.45, 2.75) is 25.7 Å². The number of hydrogen-bond acceptors (Lipinski definition) is 2. The molecule has 1 saturated heterocycles. The van der Waals surface area contributed by atoms with E-state index in [1.165, 1.54) is 0 Å². The van der Waals surface area contributed by atoms with E-state index >= 15 is 0 Å². The fourth-order valence-electron chi connectivity index (χ4n) is 2.27. The van der Waals surface area contributed by atoms with Gasteiger partial charge in [0.1, 0.15) is 0 Å². The summed E-state index contributed by atoms with van der Waals surface area (Å²) in [4.78, 5) is 13.7. The largest absolute Gasteiger partial charge is 0.376 e. The molecule has 1 aliphatic heterocycles. The van der Waals surface area contributed by atoms with Gasteiger partial charge in [0.25, 0.3) is 0 Å². The van der Waals surface area contributed by atoms with Gasteiger partial charge in [-0.15, -0.1) is 0 Å². The number of carbonyl (C=O) groups excluding carboxylic acids is 1. The normalized spacial score (nSPS) is 15.8. The number of rotatable bonds is 3. The number of likely N-dealkylation sites (tertiary alicyclic amines) is 1. The summed E-state index contributed by atoms with van der Waals surface area (Å²) in [5.41, 5.74) is 0.0598. The van der Waals surface area contributed by atoms with Crippen LogP contribution < -0.4 is 5.32 Å². The average Bonchev–Trinajstić information content (AvgIpc) is 2.71. The lowest BCUT2D eigenvalue weighted by Crippen LogP contribution is -2.36. The van der Waals surface area contributed by atoms with Crippen molar-refractivity contribution < 1.29 is 18.0 Å². The van der Waals surface area contributed by atoms with Gasteiger partial charge in [-0.3, -0.25) is 4.79 Å². The van der Waals surface area contributed by atoms with Gasteiger partial charge in [0.05, 0.1) is 6.54 Å². The van der Waals surface area contributed by atoms with Crippen molar-refractivity contribution in [3.05, 3.63) is 29.6 Å². The number of carbonyl (C=O) groups is 1. The molecular weight excluding hydrogens is 269 g/mol. The Morgan fingerprint density at radius 3 is 2.15 bits per heavy atom. The van der Waals surface area contributed by atoms with Crippen LogP contribution in [0, 0.1) is 17.5 Å². The zero-order valence-corrected chi connectivity index (χ0v) is 11.1. The van der Waals surface area contributed by atoms with Crippen molar-refractivity contribution in [2.75, 3.05) is 25.0 Å². The molecule has 0 aliphatic carbocycles. The molecule has 0 unspecified atom stereocenters. The maximum atomic E-state index is 13.0. The summed E-state index contributed by atoms with van der Waals surface area (Å²) < 4.78 is 38.8. The van der Waals surface area contributed by atoms with Gasteiger partial charge in [-0.1, -0.05) is 12.8 Å². The third-order valence-corrected chi connectivity index (χ3v) is 3.39. The second kappa shape index (κ2) is 6.63. The second-order valence-corrected chi connectivity index (χ2v) is 4.90. The van der Waals surface area contributed by atoms with Crippen molar-refractivity contribution in [3.8, 4) is 0 Å². The maximum Gasteiger partial charge on any atom is 0.241 e. The highest BCUT2D eigenvalue weighted by Gasteiger charge is 2.16.